The zero-order chi connectivity index (χ0) is 18.0. The maximum atomic E-state index is 12.4. The number of ether oxygens (including phenoxy) is 1. The molecule has 0 unspecified atom stereocenters. The number of carbonyl (C=O) groups excluding carboxylic acids is 2. The zero-order valence-corrected chi connectivity index (χ0v) is 14.5. The number of nitrogens with zero attached hydrogens (tertiary/aromatic N) is 2. The third-order valence-corrected chi connectivity index (χ3v) is 4.14. The topological polar surface area (TPSA) is 71.5 Å². The lowest BCUT2D eigenvalue weighted by molar-refractivity contribution is -0.119. The Morgan fingerprint density at radius 3 is 2.64 bits per heavy atom. The van der Waals surface area contributed by atoms with E-state index in [0.717, 1.165) is 11.3 Å². The van der Waals surface area contributed by atoms with Crippen LogP contribution in [0.15, 0.2) is 42.6 Å². The zero-order valence-electron chi connectivity index (χ0n) is 14.5. The van der Waals surface area contributed by atoms with E-state index in [0.29, 0.717) is 17.3 Å². The van der Waals surface area contributed by atoms with Crippen LogP contribution in [0.5, 0.6) is 11.6 Å². The molecule has 0 radical (unpaired) electrons. The number of aromatic nitrogens is 1. The molecule has 6 heteroatoms. The van der Waals surface area contributed by atoms with E-state index in [1.165, 1.54) is 11.8 Å². The second-order valence-electron chi connectivity index (χ2n) is 6.30. The molecule has 1 atom stereocenters. The smallest absolute Gasteiger partial charge is 0.329 e. The van der Waals surface area contributed by atoms with Gasteiger partial charge in [0.1, 0.15) is 11.8 Å². The summed E-state index contributed by atoms with van der Waals surface area (Å²) in [5.41, 5.74) is 1.61. The van der Waals surface area contributed by atoms with Crippen LogP contribution in [0.2, 0.25) is 0 Å². The second-order valence-corrected chi connectivity index (χ2v) is 6.30. The molecule has 6 nitrogen and oxygen atoms in total. The summed E-state index contributed by atoms with van der Waals surface area (Å²) < 4.78 is 5.74. The summed E-state index contributed by atoms with van der Waals surface area (Å²) in [4.78, 5) is 29.8. The monoisotopic (exact) mass is 339 g/mol. The quantitative estimate of drug-likeness (QED) is 0.846. The minimum absolute atomic E-state index is 0.0304. The molecule has 1 N–H and O–H groups in total. The summed E-state index contributed by atoms with van der Waals surface area (Å²) in [5.74, 6) is 0.882. The first kappa shape index (κ1) is 17.0. The fourth-order valence-corrected chi connectivity index (χ4v) is 2.71. The number of imide groups is 1. The summed E-state index contributed by atoms with van der Waals surface area (Å²) in [6, 6.07) is 10.2. The number of nitrogens with one attached hydrogen (secondary N) is 1. The minimum atomic E-state index is -0.500. The lowest BCUT2D eigenvalue weighted by Crippen LogP contribution is -2.34. The summed E-state index contributed by atoms with van der Waals surface area (Å²) >= 11 is 0. The van der Waals surface area contributed by atoms with E-state index in [4.69, 9.17) is 4.74 Å². The van der Waals surface area contributed by atoms with Gasteiger partial charge in [-0.25, -0.2) is 14.7 Å². The van der Waals surface area contributed by atoms with Crippen molar-refractivity contribution in [3.05, 3.63) is 48.2 Å². The second kappa shape index (κ2) is 6.93. The van der Waals surface area contributed by atoms with Crippen molar-refractivity contribution in [2.24, 2.45) is 5.92 Å². The third kappa shape index (κ3) is 3.47. The highest BCUT2D eigenvalue weighted by Crippen LogP contribution is 2.25. The van der Waals surface area contributed by atoms with E-state index >= 15 is 0 Å². The molecule has 0 saturated carbocycles. The number of rotatable bonds is 5. The number of hydrogen-bond donors (Lipinski definition) is 1. The van der Waals surface area contributed by atoms with E-state index in [1.807, 2.05) is 38.1 Å². The summed E-state index contributed by atoms with van der Waals surface area (Å²) in [5, 5.41) is 2.70. The van der Waals surface area contributed by atoms with Crippen LogP contribution in [0.3, 0.4) is 0 Å². The van der Waals surface area contributed by atoms with Gasteiger partial charge in [-0.15, -0.1) is 0 Å². The molecule has 2 aromatic rings. The maximum absolute atomic E-state index is 12.4. The van der Waals surface area contributed by atoms with Crippen molar-refractivity contribution in [3.63, 3.8) is 0 Å². The fraction of sp³-hybridized carbons (Fsp3) is 0.316. The van der Waals surface area contributed by atoms with Gasteiger partial charge in [0.25, 0.3) is 5.91 Å². The number of amides is 3. The van der Waals surface area contributed by atoms with Crippen molar-refractivity contribution in [2.75, 3.05) is 4.90 Å². The minimum Gasteiger partial charge on any atom is -0.439 e. The highest BCUT2D eigenvalue weighted by molar-refractivity contribution is 6.21. The number of benzene rings is 1. The molecule has 2 heterocycles. The van der Waals surface area contributed by atoms with Gasteiger partial charge >= 0.3 is 6.03 Å². The van der Waals surface area contributed by atoms with E-state index in [9.17, 15) is 9.59 Å². The van der Waals surface area contributed by atoms with Crippen LogP contribution < -0.4 is 15.0 Å². The molecule has 3 amide bonds. The van der Waals surface area contributed by atoms with Gasteiger partial charge in [0.15, 0.2) is 0 Å². The molecule has 1 aliphatic heterocycles. The molecule has 0 spiro atoms. The average Bonchev–Trinajstić information content (AvgIpc) is 2.91. The van der Waals surface area contributed by atoms with Gasteiger partial charge in [0, 0.05) is 6.07 Å². The van der Waals surface area contributed by atoms with Crippen LogP contribution in [0.4, 0.5) is 10.5 Å². The normalized spacial score (nSPS) is 17.1. The van der Waals surface area contributed by atoms with Crippen molar-refractivity contribution in [1.29, 1.82) is 0 Å². The highest BCUT2D eigenvalue weighted by atomic mass is 16.5. The van der Waals surface area contributed by atoms with Crippen molar-refractivity contribution < 1.29 is 14.3 Å². The highest BCUT2D eigenvalue weighted by Gasteiger charge is 2.40. The first-order valence-corrected chi connectivity index (χ1v) is 8.37. The fourth-order valence-electron chi connectivity index (χ4n) is 2.71. The van der Waals surface area contributed by atoms with Gasteiger partial charge in [-0.05, 0) is 36.1 Å². The molecule has 0 aliphatic carbocycles. The van der Waals surface area contributed by atoms with Crippen LogP contribution in [0.1, 0.15) is 26.3 Å². The SMILES string of the molecule is CCc1cccc(Oc2ccc(N3C(=O)N[C@@H](C(C)C)C3=O)cn2)c1. The average molecular weight is 339 g/mol. The number of urea groups is 1. The number of carbonyl (C=O) groups is 2. The van der Waals surface area contributed by atoms with Gasteiger partial charge in [-0.1, -0.05) is 32.9 Å². The lowest BCUT2D eigenvalue weighted by Gasteiger charge is -2.14. The maximum Gasteiger partial charge on any atom is 0.329 e. The Hall–Kier alpha value is -2.89. The first-order chi connectivity index (χ1) is 12.0. The summed E-state index contributed by atoms with van der Waals surface area (Å²) in [7, 11) is 0. The molecule has 1 aromatic carbocycles. The van der Waals surface area contributed by atoms with E-state index < -0.39 is 12.1 Å². The molecule has 130 valence electrons. The largest absolute Gasteiger partial charge is 0.439 e. The van der Waals surface area contributed by atoms with Crippen molar-refractivity contribution in [2.45, 2.75) is 33.2 Å². The molecule has 0 bridgehead atoms. The van der Waals surface area contributed by atoms with Gasteiger partial charge in [0.05, 0.1) is 11.9 Å². The van der Waals surface area contributed by atoms with Gasteiger partial charge in [-0.2, -0.15) is 0 Å². The molecular formula is C19H21N3O3. The van der Waals surface area contributed by atoms with Crippen molar-refractivity contribution >= 4 is 17.6 Å². The molecule has 25 heavy (non-hydrogen) atoms. The Bertz CT molecular complexity index is 787. The molecule has 1 aromatic heterocycles. The molecule has 1 fully saturated rings. The van der Waals surface area contributed by atoms with Crippen LogP contribution in [0, 0.1) is 5.92 Å². The molecule has 3 rings (SSSR count). The van der Waals surface area contributed by atoms with Crippen molar-refractivity contribution in [3.8, 4) is 11.6 Å². The van der Waals surface area contributed by atoms with E-state index in [-0.39, 0.29) is 11.8 Å². The number of pyridine rings is 1. The predicted octanol–water partition coefficient (Wildman–Crippen LogP) is 3.52. The van der Waals surface area contributed by atoms with Gasteiger partial charge < -0.3 is 10.1 Å². The van der Waals surface area contributed by atoms with E-state index in [1.54, 1.807) is 12.1 Å². The number of anilines is 1. The van der Waals surface area contributed by atoms with Crippen LogP contribution >= 0.6 is 0 Å². The summed E-state index contributed by atoms with van der Waals surface area (Å²) in [6.07, 6.45) is 2.39. The first-order valence-electron chi connectivity index (χ1n) is 8.37. The number of aryl methyl sites for hydroxylation is 1. The summed E-state index contributed by atoms with van der Waals surface area (Å²) in [6.45, 7) is 5.87. The molecule has 1 saturated heterocycles. The Balaban J connectivity index is 1.76. The lowest BCUT2D eigenvalue weighted by atomic mass is 10.1. The van der Waals surface area contributed by atoms with Gasteiger partial charge in [0.2, 0.25) is 5.88 Å². The third-order valence-electron chi connectivity index (χ3n) is 4.14. The molecule has 1 aliphatic rings. The standard InChI is InChI=1S/C19H21N3O3/c1-4-13-6-5-7-15(10-13)25-16-9-8-14(11-20-16)22-18(23)17(12(2)3)21-19(22)24/h5-12,17H,4H2,1-3H3,(H,21,24)/t17-/m0/s1. The Labute approximate surface area is 146 Å². The van der Waals surface area contributed by atoms with E-state index in [2.05, 4.69) is 17.2 Å². The van der Waals surface area contributed by atoms with Crippen LogP contribution in [-0.2, 0) is 11.2 Å². The Kier molecular flexibility index (Phi) is 4.70. The van der Waals surface area contributed by atoms with Crippen molar-refractivity contribution in [1.82, 2.24) is 10.3 Å². The van der Waals surface area contributed by atoms with Crippen LogP contribution in [-0.4, -0.2) is 23.0 Å². The molecular weight excluding hydrogens is 318 g/mol. The van der Waals surface area contributed by atoms with Crippen LogP contribution in [0.25, 0.3) is 0 Å². The Morgan fingerprint density at radius 1 is 1.24 bits per heavy atom. The Morgan fingerprint density at radius 2 is 2.04 bits per heavy atom. The van der Waals surface area contributed by atoms with Gasteiger partial charge in [-0.3, -0.25) is 4.79 Å². The number of hydrogen-bond acceptors (Lipinski definition) is 4. The predicted molar refractivity (Wildman–Crippen MR) is 94.8 cm³/mol.